The Labute approximate surface area is 186 Å². The summed E-state index contributed by atoms with van der Waals surface area (Å²) in [6, 6.07) is 7.37. The Morgan fingerprint density at radius 3 is 2.87 bits per heavy atom. The summed E-state index contributed by atoms with van der Waals surface area (Å²) in [5.74, 6) is 0.554. The standard InChI is InChI=1S/C23H36N4O3S/c1-2-3-16-27-17-10-8-11-19(27)18-25-22(28)14-5-4-9-15-24-23-20-12-6-7-13-21(20)31(29,30)26-23/h6-7,12-13,19H,2-5,8-11,14-18H2,1H3,(H,24,26)(H,25,28). The predicted molar refractivity (Wildman–Crippen MR) is 124 cm³/mol. The molecule has 2 N–H and O–H groups in total. The molecule has 1 saturated heterocycles. The highest BCUT2D eigenvalue weighted by molar-refractivity contribution is 7.90. The summed E-state index contributed by atoms with van der Waals surface area (Å²) < 4.78 is 26.7. The van der Waals surface area contributed by atoms with E-state index in [0.29, 0.717) is 30.4 Å². The van der Waals surface area contributed by atoms with Crippen molar-refractivity contribution in [2.45, 2.75) is 75.6 Å². The van der Waals surface area contributed by atoms with Crippen LogP contribution < -0.4 is 10.0 Å². The molecule has 0 bridgehead atoms. The third kappa shape index (κ3) is 6.77. The predicted octanol–water partition coefficient (Wildman–Crippen LogP) is 3.06. The minimum absolute atomic E-state index is 0.129. The Kier molecular flexibility index (Phi) is 8.90. The first-order chi connectivity index (χ1) is 15.0. The normalized spacial score (nSPS) is 21.6. The average Bonchev–Trinajstić information content (AvgIpc) is 3.04. The molecule has 8 heteroatoms. The molecule has 1 aromatic rings. The average molecular weight is 449 g/mol. The Hall–Kier alpha value is -1.93. The van der Waals surface area contributed by atoms with Crippen molar-refractivity contribution in [2.75, 3.05) is 26.2 Å². The van der Waals surface area contributed by atoms with Gasteiger partial charge in [0, 0.05) is 31.1 Å². The fraction of sp³-hybridized carbons (Fsp3) is 0.652. The van der Waals surface area contributed by atoms with E-state index in [4.69, 9.17) is 0 Å². The number of benzene rings is 1. The van der Waals surface area contributed by atoms with Crippen LogP contribution in [-0.2, 0) is 14.8 Å². The third-order valence-corrected chi connectivity index (χ3v) is 7.47. The van der Waals surface area contributed by atoms with Gasteiger partial charge in [-0.2, -0.15) is 0 Å². The summed E-state index contributed by atoms with van der Waals surface area (Å²) >= 11 is 0. The van der Waals surface area contributed by atoms with Gasteiger partial charge in [-0.3, -0.25) is 19.4 Å². The molecule has 2 aliphatic heterocycles. The highest BCUT2D eigenvalue weighted by atomic mass is 32.2. The second-order valence-electron chi connectivity index (χ2n) is 8.49. The Balaban J connectivity index is 1.32. The molecule has 7 nitrogen and oxygen atoms in total. The molecule has 2 heterocycles. The molecule has 172 valence electrons. The number of carbonyl (C=O) groups excluding carboxylic acids is 1. The van der Waals surface area contributed by atoms with E-state index in [9.17, 15) is 13.2 Å². The van der Waals surface area contributed by atoms with Gasteiger partial charge in [0.25, 0.3) is 10.0 Å². The zero-order valence-electron chi connectivity index (χ0n) is 18.6. The number of sulfonamides is 1. The summed E-state index contributed by atoms with van der Waals surface area (Å²) in [7, 11) is -3.48. The molecule has 0 aromatic heterocycles. The first kappa shape index (κ1) is 23.7. The van der Waals surface area contributed by atoms with Crippen LogP contribution in [0.15, 0.2) is 34.2 Å². The number of fused-ring (bicyclic) bond motifs is 1. The summed E-state index contributed by atoms with van der Waals surface area (Å²) in [6.07, 6.45) is 9.21. The van der Waals surface area contributed by atoms with Gasteiger partial charge in [-0.1, -0.05) is 38.3 Å². The number of hydrogen-bond donors (Lipinski definition) is 2. The molecule has 2 aliphatic rings. The van der Waals surface area contributed by atoms with Gasteiger partial charge in [-0.05, 0) is 57.3 Å². The molecule has 1 unspecified atom stereocenters. The second-order valence-corrected chi connectivity index (χ2v) is 10.1. The number of aliphatic imine (C=N–C) groups is 1. The minimum atomic E-state index is -3.48. The third-order valence-electron chi connectivity index (χ3n) is 6.08. The molecule has 1 aromatic carbocycles. The number of amides is 1. The van der Waals surface area contributed by atoms with Crippen molar-refractivity contribution in [1.82, 2.24) is 14.9 Å². The van der Waals surface area contributed by atoms with Gasteiger partial charge >= 0.3 is 0 Å². The Morgan fingerprint density at radius 1 is 1.19 bits per heavy atom. The number of amidine groups is 1. The van der Waals surface area contributed by atoms with E-state index in [1.54, 1.807) is 18.2 Å². The van der Waals surface area contributed by atoms with Crippen LogP contribution in [0.4, 0.5) is 0 Å². The van der Waals surface area contributed by atoms with Crippen molar-refractivity contribution in [3.63, 3.8) is 0 Å². The van der Waals surface area contributed by atoms with Crippen molar-refractivity contribution in [3.05, 3.63) is 29.8 Å². The Morgan fingerprint density at radius 2 is 2.03 bits per heavy atom. The number of unbranched alkanes of at least 4 members (excludes halogenated alkanes) is 3. The maximum Gasteiger partial charge on any atom is 0.263 e. The lowest BCUT2D eigenvalue weighted by Crippen LogP contribution is -2.46. The van der Waals surface area contributed by atoms with E-state index in [2.05, 4.69) is 26.9 Å². The quantitative estimate of drug-likeness (QED) is 0.509. The molecule has 0 saturated carbocycles. The molecule has 0 aliphatic carbocycles. The molecular formula is C23H36N4O3S. The fourth-order valence-electron chi connectivity index (χ4n) is 4.28. The van der Waals surface area contributed by atoms with E-state index in [-0.39, 0.29) is 10.8 Å². The molecular weight excluding hydrogens is 412 g/mol. The first-order valence-corrected chi connectivity index (χ1v) is 13.2. The smallest absolute Gasteiger partial charge is 0.263 e. The van der Waals surface area contributed by atoms with Gasteiger partial charge in [-0.25, -0.2) is 8.42 Å². The van der Waals surface area contributed by atoms with Crippen LogP contribution in [0.25, 0.3) is 0 Å². The molecule has 31 heavy (non-hydrogen) atoms. The zero-order valence-corrected chi connectivity index (χ0v) is 19.4. The number of likely N-dealkylation sites (tertiary alicyclic amines) is 1. The number of piperidine rings is 1. The molecule has 1 atom stereocenters. The van der Waals surface area contributed by atoms with Crippen molar-refractivity contribution in [1.29, 1.82) is 0 Å². The van der Waals surface area contributed by atoms with Crippen LogP contribution in [0.1, 0.15) is 70.3 Å². The van der Waals surface area contributed by atoms with Gasteiger partial charge in [-0.15, -0.1) is 0 Å². The lowest BCUT2D eigenvalue weighted by Gasteiger charge is -2.35. The first-order valence-electron chi connectivity index (χ1n) is 11.7. The van der Waals surface area contributed by atoms with Gasteiger partial charge < -0.3 is 5.32 Å². The Bertz CT molecular complexity index is 869. The zero-order chi connectivity index (χ0) is 22.1. The lowest BCUT2D eigenvalue weighted by molar-refractivity contribution is -0.121. The van der Waals surface area contributed by atoms with E-state index in [1.807, 2.05) is 6.07 Å². The number of rotatable bonds is 11. The summed E-state index contributed by atoms with van der Waals surface area (Å²) in [4.78, 5) is 19.5. The topological polar surface area (TPSA) is 90.9 Å². The van der Waals surface area contributed by atoms with Crippen molar-refractivity contribution >= 4 is 21.8 Å². The van der Waals surface area contributed by atoms with Crippen molar-refractivity contribution < 1.29 is 13.2 Å². The van der Waals surface area contributed by atoms with E-state index in [1.165, 1.54) is 32.1 Å². The van der Waals surface area contributed by atoms with Crippen LogP contribution in [0.3, 0.4) is 0 Å². The maximum atomic E-state index is 12.2. The van der Waals surface area contributed by atoms with Gasteiger partial charge in [0.2, 0.25) is 5.91 Å². The van der Waals surface area contributed by atoms with Crippen LogP contribution in [0, 0.1) is 0 Å². The summed E-state index contributed by atoms with van der Waals surface area (Å²) in [5.41, 5.74) is 0.637. The highest BCUT2D eigenvalue weighted by Gasteiger charge is 2.29. The number of nitrogens with zero attached hydrogens (tertiary/aromatic N) is 2. The number of carbonyl (C=O) groups is 1. The highest BCUT2D eigenvalue weighted by Crippen LogP contribution is 2.22. The molecule has 1 amide bonds. The van der Waals surface area contributed by atoms with Crippen LogP contribution in [-0.4, -0.2) is 57.3 Å². The number of nitrogens with one attached hydrogen (secondary N) is 2. The van der Waals surface area contributed by atoms with E-state index >= 15 is 0 Å². The van der Waals surface area contributed by atoms with Gasteiger partial charge in [0.15, 0.2) is 0 Å². The van der Waals surface area contributed by atoms with Crippen molar-refractivity contribution in [3.8, 4) is 0 Å². The molecule has 3 rings (SSSR count). The maximum absolute atomic E-state index is 12.2. The van der Waals surface area contributed by atoms with Gasteiger partial charge in [0.05, 0.1) is 4.90 Å². The van der Waals surface area contributed by atoms with E-state index < -0.39 is 10.0 Å². The monoisotopic (exact) mass is 448 g/mol. The van der Waals surface area contributed by atoms with E-state index in [0.717, 1.165) is 38.9 Å². The summed E-state index contributed by atoms with van der Waals surface area (Å²) in [5, 5.41) is 3.13. The molecule has 0 radical (unpaired) electrons. The minimum Gasteiger partial charge on any atom is -0.355 e. The van der Waals surface area contributed by atoms with Crippen molar-refractivity contribution in [2.24, 2.45) is 4.99 Å². The fourth-order valence-corrected chi connectivity index (χ4v) is 5.53. The SMILES string of the molecule is CCCCN1CCCCC1CNC(=O)CCCCCN=C1NS(=O)(=O)c2ccccc21. The van der Waals surface area contributed by atoms with Crippen LogP contribution in [0.2, 0.25) is 0 Å². The van der Waals surface area contributed by atoms with Crippen LogP contribution >= 0.6 is 0 Å². The largest absolute Gasteiger partial charge is 0.355 e. The lowest BCUT2D eigenvalue weighted by atomic mass is 10.0. The molecule has 0 spiro atoms. The second kappa shape index (κ2) is 11.6. The summed E-state index contributed by atoms with van der Waals surface area (Å²) in [6.45, 7) is 5.82. The number of hydrogen-bond acceptors (Lipinski definition) is 5. The van der Waals surface area contributed by atoms with Gasteiger partial charge in [0.1, 0.15) is 5.84 Å². The molecule has 1 fully saturated rings. The van der Waals surface area contributed by atoms with Crippen LogP contribution in [0.5, 0.6) is 0 Å².